The maximum absolute atomic E-state index is 12.0. The van der Waals surface area contributed by atoms with E-state index in [1.807, 2.05) is 32.0 Å². The van der Waals surface area contributed by atoms with Crippen LogP contribution < -0.4 is 10.6 Å². The molecule has 0 radical (unpaired) electrons. The molecule has 2 amide bonds. The SMILES string of the molecule is COC[C@](C)(CCO)NC(=O)Nc1ccc(C)c(Br)c1. The van der Waals surface area contributed by atoms with Gasteiger partial charge in [-0.05, 0) is 38.0 Å². The fourth-order valence-electron chi connectivity index (χ4n) is 1.84. The monoisotopic (exact) mass is 344 g/mol. The number of carbonyl (C=O) groups is 1. The van der Waals surface area contributed by atoms with Gasteiger partial charge in [0.15, 0.2) is 0 Å². The first-order valence-corrected chi connectivity index (χ1v) is 7.14. The van der Waals surface area contributed by atoms with Gasteiger partial charge in [-0.15, -0.1) is 0 Å². The average molecular weight is 345 g/mol. The quantitative estimate of drug-likeness (QED) is 0.742. The molecule has 1 rings (SSSR count). The molecule has 0 heterocycles. The zero-order chi connectivity index (χ0) is 15.2. The zero-order valence-electron chi connectivity index (χ0n) is 12.0. The third-order valence-electron chi connectivity index (χ3n) is 2.97. The fraction of sp³-hybridized carbons (Fsp3) is 0.500. The van der Waals surface area contributed by atoms with Gasteiger partial charge in [-0.1, -0.05) is 22.0 Å². The van der Waals surface area contributed by atoms with Gasteiger partial charge >= 0.3 is 6.03 Å². The van der Waals surface area contributed by atoms with Gasteiger partial charge < -0.3 is 20.5 Å². The number of aliphatic hydroxyl groups is 1. The molecule has 0 aliphatic rings. The van der Waals surface area contributed by atoms with E-state index in [1.54, 1.807) is 7.11 Å². The molecule has 20 heavy (non-hydrogen) atoms. The van der Waals surface area contributed by atoms with Crippen LogP contribution in [0.1, 0.15) is 18.9 Å². The van der Waals surface area contributed by atoms with Crippen molar-refractivity contribution >= 4 is 27.6 Å². The van der Waals surface area contributed by atoms with Crippen LogP contribution in [-0.2, 0) is 4.74 Å². The van der Waals surface area contributed by atoms with Crippen molar-refractivity contribution in [2.45, 2.75) is 25.8 Å². The molecule has 0 fully saturated rings. The molecule has 0 bridgehead atoms. The molecule has 0 aliphatic carbocycles. The highest BCUT2D eigenvalue weighted by Crippen LogP contribution is 2.20. The lowest BCUT2D eigenvalue weighted by Crippen LogP contribution is -2.51. The third kappa shape index (κ3) is 5.11. The largest absolute Gasteiger partial charge is 0.396 e. The Hall–Kier alpha value is -1.11. The lowest BCUT2D eigenvalue weighted by atomic mass is 10.00. The summed E-state index contributed by atoms with van der Waals surface area (Å²) >= 11 is 3.42. The lowest BCUT2D eigenvalue weighted by Gasteiger charge is -2.29. The van der Waals surface area contributed by atoms with Gasteiger partial charge in [0.05, 0.1) is 12.1 Å². The highest BCUT2D eigenvalue weighted by atomic mass is 79.9. The van der Waals surface area contributed by atoms with Crippen molar-refractivity contribution in [2.24, 2.45) is 0 Å². The second-order valence-corrected chi connectivity index (χ2v) is 5.86. The van der Waals surface area contributed by atoms with Crippen LogP contribution in [0.15, 0.2) is 22.7 Å². The topological polar surface area (TPSA) is 70.6 Å². The molecule has 0 aliphatic heterocycles. The number of hydrogen-bond acceptors (Lipinski definition) is 3. The van der Waals surface area contributed by atoms with E-state index in [-0.39, 0.29) is 12.6 Å². The minimum Gasteiger partial charge on any atom is -0.396 e. The first kappa shape index (κ1) is 16.9. The molecule has 1 aromatic rings. The number of aliphatic hydroxyl groups excluding tert-OH is 1. The van der Waals surface area contributed by atoms with E-state index in [1.165, 1.54) is 0 Å². The van der Waals surface area contributed by atoms with E-state index in [0.29, 0.717) is 18.7 Å². The third-order valence-corrected chi connectivity index (χ3v) is 3.83. The molecule has 1 atom stereocenters. The molecule has 0 saturated carbocycles. The number of methoxy groups -OCH3 is 1. The van der Waals surface area contributed by atoms with Gasteiger partial charge in [0.1, 0.15) is 0 Å². The fourth-order valence-corrected chi connectivity index (χ4v) is 2.22. The summed E-state index contributed by atoms with van der Waals surface area (Å²) in [7, 11) is 1.56. The summed E-state index contributed by atoms with van der Waals surface area (Å²) < 4.78 is 6.02. The number of nitrogens with one attached hydrogen (secondary N) is 2. The maximum atomic E-state index is 12.0. The smallest absolute Gasteiger partial charge is 0.319 e. The first-order chi connectivity index (χ1) is 9.40. The average Bonchev–Trinajstić information content (AvgIpc) is 2.34. The van der Waals surface area contributed by atoms with Gasteiger partial charge in [-0.25, -0.2) is 4.79 Å². The Bertz CT molecular complexity index is 460. The summed E-state index contributed by atoms with van der Waals surface area (Å²) in [4.78, 5) is 12.0. The van der Waals surface area contributed by atoms with Gasteiger partial charge in [-0.2, -0.15) is 0 Å². The number of anilines is 1. The number of benzene rings is 1. The normalized spacial score (nSPS) is 13.7. The molecule has 3 N–H and O–H groups in total. The van der Waals surface area contributed by atoms with E-state index < -0.39 is 5.54 Å². The van der Waals surface area contributed by atoms with E-state index >= 15 is 0 Å². The van der Waals surface area contributed by atoms with Crippen molar-refractivity contribution in [3.05, 3.63) is 28.2 Å². The number of rotatable bonds is 6. The molecule has 5 nitrogen and oxygen atoms in total. The number of halogens is 1. The van der Waals surface area contributed by atoms with Gasteiger partial charge in [0, 0.05) is 23.9 Å². The standard InChI is InChI=1S/C14H21BrN2O3/c1-10-4-5-11(8-12(10)15)16-13(19)17-14(2,6-7-18)9-20-3/h4-5,8,18H,6-7,9H2,1-3H3,(H2,16,17,19)/t14-/m0/s1. The van der Waals surface area contributed by atoms with Crippen LogP contribution in [-0.4, -0.2) is 37.0 Å². The summed E-state index contributed by atoms with van der Waals surface area (Å²) in [5.41, 5.74) is 1.19. The Morgan fingerprint density at radius 2 is 2.20 bits per heavy atom. The number of carbonyl (C=O) groups excluding carboxylic acids is 1. The number of aryl methyl sites for hydroxylation is 1. The summed E-state index contributed by atoms with van der Waals surface area (Å²) in [5.74, 6) is 0. The van der Waals surface area contributed by atoms with Crippen molar-refractivity contribution < 1.29 is 14.6 Å². The van der Waals surface area contributed by atoms with Gasteiger partial charge in [0.25, 0.3) is 0 Å². The van der Waals surface area contributed by atoms with Crippen molar-refractivity contribution in [1.82, 2.24) is 5.32 Å². The summed E-state index contributed by atoms with van der Waals surface area (Å²) in [6.45, 7) is 4.12. The summed E-state index contributed by atoms with van der Waals surface area (Å²) in [6, 6.07) is 5.27. The van der Waals surface area contributed by atoms with Crippen molar-refractivity contribution in [1.29, 1.82) is 0 Å². The predicted molar refractivity (Wildman–Crippen MR) is 83.0 cm³/mol. The number of hydrogen-bond donors (Lipinski definition) is 3. The van der Waals surface area contributed by atoms with Crippen LogP contribution in [0.3, 0.4) is 0 Å². The lowest BCUT2D eigenvalue weighted by molar-refractivity contribution is 0.104. The van der Waals surface area contributed by atoms with Crippen LogP contribution in [0, 0.1) is 6.92 Å². The van der Waals surface area contributed by atoms with E-state index in [4.69, 9.17) is 9.84 Å². The Labute approximate surface area is 127 Å². The van der Waals surface area contributed by atoms with Crippen LogP contribution in [0.5, 0.6) is 0 Å². The summed E-state index contributed by atoms with van der Waals surface area (Å²) in [6.07, 6.45) is 0.422. The van der Waals surface area contributed by atoms with E-state index in [2.05, 4.69) is 26.6 Å². The Kier molecular flexibility index (Phi) is 6.45. The zero-order valence-corrected chi connectivity index (χ0v) is 13.6. The predicted octanol–water partition coefficient (Wildman–Crippen LogP) is 2.67. The van der Waals surface area contributed by atoms with Crippen LogP contribution in [0.25, 0.3) is 0 Å². The number of amides is 2. The molecule has 0 spiro atoms. The highest BCUT2D eigenvalue weighted by Gasteiger charge is 2.25. The molecular weight excluding hydrogens is 324 g/mol. The van der Waals surface area contributed by atoms with Gasteiger partial charge in [0.2, 0.25) is 0 Å². The first-order valence-electron chi connectivity index (χ1n) is 6.35. The molecule has 0 unspecified atom stereocenters. The van der Waals surface area contributed by atoms with Crippen molar-refractivity contribution in [2.75, 3.05) is 25.6 Å². The number of ether oxygens (including phenoxy) is 1. The van der Waals surface area contributed by atoms with Crippen molar-refractivity contribution in [3.63, 3.8) is 0 Å². The van der Waals surface area contributed by atoms with Crippen LogP contribution in [0.2, 0.25) is 0 Å². The number of urea groups is 1. The Morgan fingerprint density at radius 1 is 1.50 bits per heavy atom. The highest BCUT2D eigenvalue weighted by molar-refractivity contribution is 9.10. The molecular formula is C14H21BrN2O3. The molecule has 0 saturated heterocycles. The van der Waals surface area contributed by atoms with Crippen LogP contribution >= 0.6 is 15.9 Å². The second-order valence-electron chi connectivity index (χ2n) is 5.01. The molecule has 1 aromatic carbocycles. The van der Waals surface area contributed by atoms with Crippen molar-refractivity contribution in [3.8, 4) is 0 Å². The van der Waals surface area contributed by atoms with E-state index in [0.717, 1.165) is 10.0 Å². The minimum absolute atomic E-state index is 0.0176. The van der Waals surface area contributed by atoms with Gasteiger partial charge in [-0.3, -0.25) is 0 Å². The van der Waals surface area contributed by atoms with Crippen LogP contribution in [0.4, 0.5) is 10.5 Å². The summed E-state index contributed by atoms with van der Waals surface area (Å²) in [5, 5.41) is 14.7. The Morgan fingerprint density at radius 3 is 2.75 bits per heavy atom. The molecule has 0 aromatic heterocycles. The Balaban J connectivity index is 2.67. The van der Waals surface area contributed by atoms with E-state index in [9.17, 15) is 4.79 Å². The minimum atomic E-state index is -0.602. The maximum Gasteiger partial charge on any atom is 0.319 e. The molecule has 112 valence electrons. The molecule has 6 heteroatoms. The second kappa shape index (κ2) is 7.61.